The molecule has 0 aromatic heterocycles. The summed E-state index contributed by atoms with van der Waals surface area (Å²) >= 11 is 6.04. The van der Waals surface area contributed by atoms with Crippen LogP contribution >= 0.6 is 11.6 Å². The van der Waals surface area contributed by atoms with Crippen molar-refractivity contribution in [3.05, 3.63) is 63.4 Å². The molecule has 4 heteroatoms. The molecule has 2 rings (SSSR count). The summed E-state index contributed by atoms with van der Waals surface area (Å²) in [4.78, 5) is 0. The summed E-state index contributed by atoms with van der Waals surface area (Å²) in [5, 5.41) is 11.1. The standard InChI is InChI=1S/C16H16ClFO2/c1-9-7-13(17)10(2)6-12(9)16(19)11-4-5-15(20-3)14(18)8-11/h4-8,16,19H,1-3H3. The summed E-state index contributed by atoms with van der Waals surface area (Å²) < 4.78 is 18.6. The molecule has 2 aromatic carbocycles. The van der Waals surface area contributed by atoms with Gasteiger partial charge in [0.2, 0.25) is 0 Å². The van der Waals surface area contributed by atoms with Crippen molar-refractivity contribution in [2.24, 2.45) is 0 Å². The average Bonchev–Trinajstić information content (AvgIpc) is 2.42. The molecule has 2 aromatic rings. The number of ether oxygens (including phenoxy) is 1. The van der Waals surface area contributed by atoms with Gasteiger partial charge in [-0.1, -0.05) is 23.7 Å². The Morgan fingerprint density at radius 2 is 1.85 bits per heavy atom. The van der Waals surface area contributed by atoms with Gasteiger partial charge in [0.25, 0.3) is 0 Å². The SMILES string of the molecule is COc1ccc(C(O)c2cc(C)c(Cl)cc2C)cc1F. The van der Waals surface area contributed by atoms with Gasteiger partial charge in [0.05, 0.1) is 7.11 Å². The number of aryl methyl sites for hydroxylation is 2. The third kappa shape index (κ3) is 2.79. The topological polar surface area (TPSA) is 29.5 Å². The fraction of sp³-hybridized carbons (Fsp3) is 0.250. The zero-order chi connectivity index (χ0) is 14.9. The lowest BCUT2D eigenvalue weighted by Crippen LogP contribution is -2.04. The maximum absolute atomic E-state index is 13.7. The van der Waals surface area contributed by atoms with E-state index < -0.39 is 11.9 Å². The molecular weight excluding hydrogens is 279 g/mol. The van der Waals surface area contributed by atoms with Crippen LogP contribution in [0.4, 0.5) is 4.39 Å². The lowest BCUT2D eigenvalue weighted by Gasteiger charge is -2.16. The van der Waals surface area contributed by atoms with E-state index in [0.29, 0.717) is 10.6 Å². The molecule has 0 aliphatic carbocycles. The van der Waals surface area contributed by atoms with Crippen LogP contribution in [0.25, 0.3) is 0 Å². The third-order valence-electron chi connectivity index (χ3n) is 3.33. The van der Waals surface area contributed by atoms with E-state index in [4.69, 9.17) is 16.3 Å². The lowest BCUT2D eigenvalue weighted by molar-refractivity contribution is 0.218. The molecule has 0 aliphatic rings. The van der Waals surface area contributed by atoms with Gasteiger partial charge in [-0.05, 0) is 54.3 Å². The second kappa shape index (κ2) is 5.81. The highest BCUT2D eigenvalue weighted by atomic mass is 35.5. The molecule has 1 unspecified atom stereocenters. The molecule has 0 radical (unpaired) electrons. The second-order valence-corrected chi connectivity index (χ2v) is 5.16. The Labute approximate surface area is 122 Å². The van der Waals surface area contributed by atoms with Crippen LogP contribution in [0, 0.1) is 19.7 Å². The molecule has 0 saturated carbocycles. The van der Waals surface area contributed by atoms with Gasteiger partial charge in [-0.2, -0.15) is 0 Å². The van der Waals surface area contributed by atoms with Crippen molar-refractivity contribution in [2.75, 3.05) is 7.11 Å². The Kier molecular flexibility index (Phi) is 4.31. The Morgan fingerprint density at radius 3 is 2.45 bits per heavy atom. The van der Waals surface area contributed by atoms with Gasteiger partial charge < -0.3 is 9.84 Å². The molecule has 2 nitrogen and oxygen atoms in total. The van der Waals surface area contributed by atoms with Crippen LogP contribution < -0.4 is 4.74 Å². The smallest absolute Gasteiger partial charge is 0.165 e. The van der Waals surface area contributed by atoms with Crippen LogP contribution in [-0.4, -0.2) is 12.2 Å². The number of methoxy groups -OCH3 is 1. The van der Waals surface area contributed by atoms with E-state index in [2.05, 4.69) is 0 Å². The Balaban J connectivity index is 2.43. The van der Waals surface area contributed by atoms with Crippen molar-refractivity contribution < 1.29 is 14.2 Å². The van der Waals surface area contributed by atoms with Crippen molar-refractivity contribution in [1.82, 2.24) is 0 Å². The number of hydrogen-bond acceptors (Lipinski definition) is 2. The molecular formula is C16H16ClFO2. The molecule has 0 spiro atoms. The van der Waals surface area contributed by atoms with E-state index in [-0.39, 0.29) is 5.75 Å². The van der Waals surface area contributed by atoms with Crippen molar-refractivity contribution >= 4 is 11.6 Å². The molecule has 0 heterocycles. The van der Waals surface area contributed by atoms with E-state index in [0.717, 1.165) is 16.7 Å². The van der Waals surface area contributed by atoms with Crippen LogP contribution in [0.1, 0.15) is 28.4 Å². The summed E-state index contributed by atoms with van der Waals surface area (Å²) in [6.07, 6.45) is -0.897. The number of aliphatic hydroxyl groups is 1. The monoisotopic (exact) mass is 294 g/mol. The van der Waals surface area contributed by atoms with Crippen LogP contribution in [0.15, 0.2) is 30.3 Å². The van der Waals surface area contributed by atoms with Gasteiger partial charge in [0, 0.05) is 5.02 Å². The van der Waals surface area contributed by atoms with Crippen molar-refractivity contribution in [2.45, 2.75) is 20.0 Å². The van der Waals surface area contributed by atoms with Gasteiger partial charge in [0.15, 0.2) is 11.6 Å². The minimum Gasteiger partial charge on any atom is -0.494 e. The number of hydrogen-bond donors (Lipinski definition) is 1. The van der Waals surface area contributed by atoms with Crippen molar-refractivity contribution in [1.29, 1.82) is 0 Å². The summed E-state index contributed by atoms with van der Waals surface area (Å²) in [5.41, 5.74) is 2.94. The number of halogens is 2. The van der Waals surface area contributed by atoms with Crippen molar-refractivity contribution in [3.8, 4) is 5.75 Å². The lowest BCUT2D eigenvalue weighted by atomic mass is 9.95. The quantitative estimate of drug-likeness (QED) is 0.920. The average molecular weight is 295 g/mol. The molecule has 1 atom stereocenters. The first-order valence-electron chi connectivity index (χ1n) is 6.22. The van der Waals surface area contributed by atoms with Crippen LogP contribution in [0.2, 0.25) is 5.02 Å². The Bertz CT molecular complexity index is 641. The fourth-order valence-electron chi connectivity index (χ4n) is 2.13. The highest BCUT2D eigenvalue weighted by molar-refractivity contribution is 6.31. The van der Waals surface area contributed by atoms with E-state index in [9.17, 15) is 9.50 Å². The number of benzene rings is 2. The molecule has 0 bridgehead atoms. The molecule has 0 amide bonds. The second-order valence-electron chi connectivity index (χ2n) is 4.75. The minimum atomic E-state index is -0.897. The summed E-state index contributed by atoms with van der Waals surface area (Å²) in [6, 6.07) is 8.06. The highest BCUT2D eigenvalue weighted by Gasteiger charge is 2.16. The zero-order valence-corrected chi connectivity index (χ0v) is 12.3. The van der Waals surface area contributed by atoms with Gasteiger partial charge >= 0.3 is 0 Å². The summed E-state index contributed by atoms with van der Waals surface area (Å²) in [7, 11) is 1.40. The Hall–Kier alpha value is -1.58. The summed E-state index contributed by atoms with van der Waals surface area (Å²) in [5.74, 6) is -0.336. The van der Waals surface area contributed by atoms with Gasteiger partial charge in [-0.3, -0.25) is 0 Å². The molecule has 0 saturated heterocycles. The van der Waals surface area contributed by atoms with Gasteiger partial charge in [-0.25, -0.2) is 4.39 Å². The van der Waals surface area contributed by atoms with Crippen molar-refractivity contribution in [3.63, 3.8) is 0 Å². The molecule has 106 valence electrons. The zero-order valence-electron chi connectivity index (χ0n) is 11.6. The predicted octanol–water partition coefficient (Wildman–Crippen LogP) is 4.19. The van der Waals surface area contributed by atoms with E-state index in [1.165, 1.54) is 19.2 Å². The molecule has 0 aliphatic heterocycles. The first kappa shape index (κ1) is 14.8. The van der Waals surface area contributed by atoms with Crippen LogP contribution in [0.3, 0.4) is 0 Å². The third-order valence-corrected chi connectivity index (χ3v) is 3.74. The Morgan fingerprint density at radius 1 is 1.15 bits per heavy atom. The molecule has 0 fully saturated rings. The molecule has 1 N–H and O–H groups in total. The normalized spacial score (nSPS) is 12.3. The first-order chi connectivity index (χ1) is 9.43. The minimum absolute atomic E-state index is 0.157. The predicted molar refractivity (Wildman–Crippen MR) is 77.9 cm³/mol. The fourth-order valence-corrected chi connectivity index (χ4v) is 2.35. The largest absolute Gasteiger partial charge is 0.494 e. The van der Waals surface area contributed by atoms with Gasteiger partial charge in [0.1, 0.15) is 6.10 Å². The number of aliphatic hydroxyl groups excluding tert-OH is 1. The maximum atomic E-state index is 13.7. The van der Waals surface area contributed by atoms with Gasteiger partial charge in [-0.15, -0.1) is 0 Å². The van der Waals surface area contributed by atoms with E-state index in [1.807, 2.05) is 19.9 Å². The highest BCUT2D eigenvalue weighted by Crippen LogP contribution is 2.30. The number of rotatable bonds is 3. The van der Waals surface area contributed by atoms with Crippen LogP contribution in [-0.2, 0) is 0 Å². The first-order valence-corrected chi connectivity index (χ1v) is 6.60. The van der Waals surface area contributed by atoms with E-state index in [1.54, 1.807) is 12.1 Å². The van der Waals surface area contributed by atoms with Crippen LogP contribution in [0.5, 0.6) is 5.75 Å². The summed E-state index contributed by atoms with van der Waals surface area (Å²) in [6.45, 7) is 3.73. The van der Waals surface area contributed by atoms with E-state index >= 15 is 0 Å². The molecule has 20 heavy (non-hydrogen) atoms. The maximum Gasteiger partial charge on any atom is 0.165 e.